The Hall–Kier alpha value is -4.27. The van der Waals surface area contributed by atoms with E-state index in [9.17, 15) is 14.9 Å². The number of ether oxygens (including phenoxy) is 3. The van der Waals surface area contributed by atoms with Crippen molar-refractivity contribution in [1.82, 2.24) is 0 Å². The Labute approximate surface area is 191 Å². The van der Waals surface area contributed by atoms with E-state index in [-0.39, 0.29) is 22.8 Å². The van der Waals surface area contributed by atoms with E-state index in [1.165, 1.54) is 27.4 Å². The Kier molecular flexibility index (Phi) is 7.34. The molecular formula is C24H25N3O6. The minimum atomic E-state index is -0.679. The van der Waals surface area contributed by atoms with Crippen molar-refractivity contribution in [2.45, 2.75) is 6.54 Å². The summed E-state index contributed by atoms with van der Waals surface area (Å²) in [5.41, 5.74) is 1.63. The van der Waals surface area contributed by atoms with Gasteiger partial charge in [-0.25, -0.2) is 0 Å². The van der Waals surface area contributed by atoms with Crippen molar-refractivity contribution in [2.24, 2.45) is 0 Å². The van der Waals surface area contributed by atoms with Gasteiger partial charge in [-0.3, -0.25) is 14.9 Å². The zero-order valence-electron chi connectivity index (χ0n) is 18.8. The van der Waals surface area contributed by atoms with Crippen LogP contribution in [0.15, 0.2) is 60.7 Å². The summed E-state index contributed by atoms with van der Waals surface area (Å²) in [5.74, 6) is -0.700. The maximum Gasteiger partial charge on any atom is 0.327 e. The molecule has 3 rings (SSSR count). The van der Waals surface area contributed by atoms with Gasteiger partial charge in [0.15, 0.2) is 5.75 Å². The number of carbonyl (C=O) groups excluding carboxylic acids is 1. The molecule has 0 saturated heterocycles. The average Bonchev–Trinajstić information content (AvgIpc) is 2.83. The molecule has 1 amide bonds. The number of para-hydroxylation sites is 2. The van der Waals surface area contributed by atoms with E-state index in [4.69, 9.17) is 14.2 Å². The smallest absolute Gasteiger partial charge is 0.327 e. The monoisotopic (exact) mass is 451 g/mol. The van der Waals surface area contributed by atoms with Crippen LogP contribution in [0.2, 0.25) is 0 Å². The average molecular weight is 451 g/mol. The normalized spacial score (nSPS) is 10.3. The number of hydrogen-bond donors (Lipinski definition) is 1. The predicted octanol–water partition coefficient (Wildman–Crippen LogP) is 4.51. The van der Waals surface area contributed by atoms with E-state index in [2.05, 4.69) is 5.32 Å². The lowest BCUT2D eigenvalue weighted by atomic mass is 10.1. The van der Waals surface area contributed by atoms with E-state index in [0.29, 0.717) is 12.2 Å². The van der Waals surface area contributed by atoms with Crippen molar-refractivity contribution in [2.75, 3.05) is 38.6 Å². The largest absolute Gasteiger partial charge is 0.493 e. The third-order valence-electron chi connectivity index (χ3n) is 5.06. The molecule has 9 nitrogen and oxygen atoms in total. The Morgan fingerprint density at radius 2 is 1.61 bits per heavy atom. The number of rotatable bonds is 9. The molecule has 0 aliphatic rings. The van der Waals surface area contributed by atoms with Crippen molar-refractivity contribution in [1.29, 1.82) is 0 Å². The lowest BCUT2D eigenvalue weighted by Crippen LogP contribution is -2.21. The standard InChI is InChI=1S/C24H25N3O6/c1-26(15-16-10-6-5-7-11-16)19-13-9-8-12-18(19)25-24(28)17-14-20(31-2)22(32-3)23(33-4)21(17)27(29)30/h5-14H,15H2,1-4H3,(H,25,28). The number of nitrogens with zero attached hydrogens (tertiary/aromatic N) is 2. The van der Waals surface area contributed by atoms with Crippen LogP contribution in [-0.4, -0.2) is 39.2 Å². The van der Waals surface area contributed by atoms with Crippen LogP contribution >= 0.6 is 0 Å². The van der Waals surface area contributed by atoms with Crippen molar-refractivity contribution < 1.29 is 23.9 Å². The van der Waals surface area contributed by atoms with Gasteiger partial charge in [0.2, 0.25) is 11.5 Å². The van der Waals surface area contributed by atoms with Crippen LogP contribution in [0.5, 0.6) is 17.2 Å². The highest BCUT2D eigenvalue weighted by Gasteiger charge is 2.32. The fourth-order valence-corrected chi connectivity index (χ4v) is 3.54. The van der Waals surface area contributed by atoms with Crippen molar-refractivity contribution in [3.8, 4) is 17.2 Å². The van der Waals surface area contributed by atoms with E-state index < -0.39 is 16.5 Å². The molecule has 0 radical (unpaired) electrons. The molecule has 172 valence electrons. The number of hydrogen-bond acceptors (Lipinski definition) is 7. The Morgan fingerprint density at radius 3 is 2.21 bits per heavy atom. The number of carbonyl (C=O) groups is 1. The minimum absolute atomic E-state index is 0.0336. The van der Waals surface area contributed by atoms with Gasteiger partial charge < -0.3 is 24.4 Å². The van der Waals surface area contributed by atoms with Gasteiger partial charge in [-0.2, -0.15) is 0 Å². The second-order valence-corrected chi connectivity index (χ2v) is 7.11. The fraction of sp³-hybridized carbons (Fsp3) is 0.208. The molecule has 0 atom stereocenters. The minimum Gasteiger partial charge on any atom is -0.493 e. The van der Waals surface area contributed by atoms with E-state index in [1.54, 1.807) is 12.1 Å². The lowest BCUT2D eigenvalue weighted by Gasteiger charge is -2.23. The van der Waals surface area contributed by atoms with Crippen molar-refractivity contribution in [3.05, 3.63) is 81.9 Å². The van der Waals surface area contributed by atoms with Gasteiger partial charge in [-0.05, 0) is 17.7 Å². The van der Waals surface area contributed by atoms with E-state index in [0.717, 1.165) is 11.3 Å². The number of anilines is 2. The zero-order valence-corrected chi connectivity index (χ0v) is 18.8. The molecule has 33 heavy (non-hydrogen) atoms. The summed E-state index contributed by atoms with van der Waals surface area (Å²) in [6, 6.07) is 18.4. The van der Waals surface area contributed by atoms with Crippen LogP contribution < -0.4 is 24.4 Å². The molecule has 3 aromatic rings. The van der Waals surface area contributed by atoms with Gasteiger partial charge >= 0.3 is 5.69 Å². The van der Waals surface area contributed by atoms with Crippen LogP contribution in [0.25, 0.3) is 0 Å². The molecule has 0 aliphatic heterocycles. The van der Waals surface area contributed by atoms with Gasteiger partial charge in [0.05, 0.1) is 37.6 Å². The Morgan fingerprint density at radius 1 is 0.970 bits per heavy atom. The number of nitro benzene ring substituents is 1. The van der Waals surface area contributed by atoms with Gasteiger partial charge in [0.1, 0.15) is 5.56 Å². The summed E-state index contributed by atoms with van der Waals surface area (Å²) >= 11 is 0. The van der Waals surface area contributed by atoms with Crippen LogP contribution in [0.3, 0.4) is 0 Å². The van der Waals surface area contributed by atoms with Gasteiger partial charge in [0.25, 0.3) is 5.91 Å². The summed E-state index contributed by atoms with van der Waals surface area (Å²) in [4.78, 5) is 26.4. The summed E-state index contributed by atoms with van der Waals surface area (Å²) < 4.78 is 15.7. The van der Waals surface area contributed by atoms with Gasteiger partial charge in [0, 0.05) is 19.7 Å². The van der Waals surface area contributed by atoms with Gasteiger partial charge in [-0.15, -0.1) is 0 Å². The highest BCUT2D eigenvalue weighted by atomic mass is 16.6. The maximum absolute atomic E-state index is 13.2. The first-order valence-corrected chi connectivity index (χ1v) is 10.0. The van der Waals surface area contributed by atoms with Crippen LogP contribution in [-0.2, 0) is 6.54 Å². The number of nitrogens with one attached hydrogen (secondary N) is 1. The number of nitro groups is 1. The summed E-state index contributed by atoms with van der Waals surface area (Å²) in [5, 5.41) is 14.6. The fourth-order valence-electron chi connectivity index (χ4n) is 3.54. The second kappa shape index (κ2) is 10.4. The second-order valence-electron chi connectivity index (χ2n) is 7.11. The molecule has 0 unspecified atom stereocenters. The number of amides is 1. The van der Waals surface area contributed by atoms with Crippen LogP contribution in [0.1, 0.15) is 15.9 Å². The molecule has 1 N–H and O–H groups in total. The molecule has 0 spiro atoms. The molecule has 0 aromatic heterocycles. The third-order valence-corrected chi connectivity index (χ3v) is 5.06. The third kappa shape index (κ3) is 4.98. The van der Waals surface area contributed by atoms with Crippen LogP contribution in [0.4, 0.5) is 17.1 Å². The summed E-state index contributed by atoms with van der Waals surface area (Å²) in [6.07, 6.45) is 0. The van der Waals surface area contributed by atoms with Crippen LogP contribution in [0, 0.1) is 10.1 Å². The first-order chi connectivity index (χ1) is 15.9. The molecule has 0 heterocycles. The molecule has 3 aromatic carbocycles. The molecular weight excluding hydrogens is 426 g/mol. The van der Waals surface area contributed by atoms with E-state index >= 15 is 0 Å². The Balaban J connectivity index is 1.99. The molecule has 0 bridgehead atoms. The first kappa shape index (κ1) is 23.4. The molecule has 0 fully saturated rings. The summed E-state index contributed by atoms with van der Waals surface area (Å²) in [6.45, 7) is 0.609. The van der Waals surface area contributed by atoms with E-state index in [1.807, 2.05) is 54.4 Å². The van der Waals surface area contributed by atoms with Crippen molar-refractivity contribution >= 4 is 23.0 Å². The lowest BCUT2D eigenvalue weighted by molar-refractivity contribution is -0.386. The number of benzene rings is 3. The molecule has 0 aliphatic carbocycles. The molecule has 0 saturated carbocycles. The summed E-state index contributed by atoms with van der Waals surface area (Å²) in [7, 11) is 5.88. The SMILES string of the molecule is COc1cc(C(=O)Nc2ccccc2N(C)Cc2ccccc2)c([N+](=O)[O-])c(OC)c1OC. The zero-order chi connectivity index (χ0) is 24.0. The highest BCUT2D eigenvalue weighted by molar-refractivity contribution is 6.09. The topological polar surface area (TPSA) is 103 Å². The first-order valence-electron chi connectivity index (χ1n) is 10.0. The maximum atomic E-state index is 13.2. The van der Waals surface area contributed by atoms with Crippen molar-refractivity contribution in [3.63, 3.8) is 0 Å². The quantitative estimate of drug-likeness (QED) is 0.377. The van der Waals surface area contributed by atoms with Gasteiger partial charge in [-0.1, -0.05) is 42.5 Å². The molecule has 9 heteroatoms. The Bertz CT molecular complexity index is 1150. The number of methoxy groups -OCH3 is 3. The highest BCUT2D eigenvalue weighted by Crippen LogP contribution is 2.46. The predicted molar refractivity (Wildman–Crippen MR) is 126 cm³/mol.